The van der Waals surface area contributed by atoms with Gasteiger partial charge in [-0.05, 0) is 18.4 Å². The van der Waals surface area contributed by atoms with Gasteiger partial charge in [0.15, 0.2) is 0 Å². The largest absolute Gasteiger partial charge is 0.282 e. The van der Waals surface area contributed by atoms with Crippen molar-refractivity contribution in [2.45, 2.75) is 46.0 Å². The molecule has 0 fully saturated rings. The number of nitrogens with one attached hydrogen (secondary N) is 1. The van der Waals surface area contributed by atoms with Crippen LogP contribution in [-0.4, -0.2) is 10.2 Å². The van der Waals surface area contributed by atoms with Crippen LogP contribution in [-0.2, 0) is 11.8 Å². The fourth-order valence-corrected chi connectivity index (χ4v) is 1.34. The average Bonchev–Trinajstić information content (AvgIpc) is 2.52. The molecule has 0 amide bonds. The Kier molecular flexibility index (Phi) is 2.55. The number of rotatable bonds is 3. The molecule has 1 rings (SSSR count). The Labute approximate surface area is 74.4 Å². The van der Waals surface area contributed by atoms with Crippen LogP contribution in [0.15, 0.2) is 6.20 Å². The number of hydrogen-bond donors (Lipinski definition) is 1. The lowest BCUT2D eigenvalue weighted by molar-refractivity contribution is 0.485. The Bertz CT molecular complexity index is 248. The maximum Gasteiger partial charge on any atom is 0.0522 e. The summed E-state index contributed by atoms with van der Waals surface area (Å²) in [7, 11) is 0. The molecule has 0 aliphatic heterocycles. The zero-order valence-corrected chi connectivity index (χ0v) is 8.44. The molecule has 1 aromatic rings. The molecule has 0 saturated heterocycles. The SMILES string of the molecule is CCc1cn[nH]c1C(C)(C)CC. The molecule has 1 heterocycles. The normalized spacial score (nSPS) is 12.0. The van der Waals surface area contributed by atoms with Gasteiger partial charge in [0.25, 0.3) is 0 Å². The lowest BCUT2D eigenvalue weighted by atomic mass is 9.84. The maximum atomic E-state index is 4.08. The fourth-order valence-electron chi connectivity index (χ4n) is 1.34. The lowest BCUT2D eigenvalue weighted by Crippen LogP contribution is -2.17. The standard InChI is InChI=1S/C10H18N2/c1-5-8-7-11-12-9(8)10(3,4)6-2/h7H,5-6H2,1-4H3,(H,11,12). The van der Waals surface area contributed by atoms with Gasteiger partial charge in [0.05, 0.1) is 6.20 Å². The van der Waals surface area contributed by atoms with E-state index < -0.39 is 0 Å². The lowest BCUT2D eigenvalue weighted by Gasteiger charge is -2.22. The predicted octanol–water partition coefficient (Wildman–Crippen LogP) is 2.66. The molecule has 2 heteroatoms. The van der Waals surface area contributed by atoms with E-state index >= 15 is 0 Å². The van der Waals surface area contributed by atoms with Crippen LogP contribution in [0.5, 0.6) is 0 Å². The van der Waals surface area contributed by atoms with Gasteiger partial charge >= 0.3 is 0 Å². The first kappa shape index (κ1) is 9.30. The monoisotopic (exact) mass is 166 g/mol. The van der Waals surface area contributed by atoms with Gasteiger partial charge in [0.1, 0.15) is 0 Å². The average molecular weight is 166 g/mol. The number of aromatic nitrogens is 2. The van der Waals surface area contributed by atoms with Gasteiger partial charge in [-0.2, -0.15) is 5.10 Å². The Morgan fingerprint density at radius 3 is 2.58 bits per heavy atom. The van der Waals surface area contributed by atoms with E-state index in [9.17, 15) is 0 Å². The van der Waals surface area contributed by atoms with Gasteiger partial charge in [-0.15, -0.1) is 0 Å². The number of H-pyrrole nitrogens is 1. The molecule has 1 aromatic heterocycles. The first-order valence-electron chi connectivity index (χ1n) is 4.64. The van der Waals surface area contributed by atoms with Gasteiger partial charge in [-0.3, -0.25) is 5.10 Å². The van der Waals surface area contributed by atoms with Crippen LogP contribution in [0, 0.1) is 0 Å². The van der Waals surface area contributed by atoms with Crippen molar-refractivity contribution in [1.29, 1.82) is 0 Å². The van der Waals surface area contributed by atoms with E-state index in [-0.39, 0.29) is 5.41 Å². The summed E-state index contributed by atoms with van der Waals surface area (Å²) in [5.74, 6) is 0. The molecule has 2 nitrogen and oxygen atoms in total. The van der Waals surface area contributed by atoms with Gasteiger partial charge in [-0.1, -0.05) is 27.7 Å². The highest BCUT2D eigenvalue weighted by Crippen LogP contribution is 2.27. The van der Waals surface area contributed by atoms with Crippen LogP contribution < -0.4 is 0 Å². The quantitative estimate of drug-likeness (QED) is 0.734. The summed E-state index contributed by atoms with van der Waals surface area (Å²) in [6.07, 6.45) is 4.14. The van der Waals surface area contributed by atoms with Gasteiger partial charge in [-0.25, -0.2) is 0 Å². The summed E-state index contributed by atoms with van der Waals surface area (Å²) in [6.45, 7) is 8.87. The van der Waals surface area contributed by atoms with Crippen molar-refractivity contribution in [2.24, 2.45) is 0 Å². The maximum absolute atomic E-state index is 4.08. The van der Waals surface area contributed by atoms with E-state index in [0.717, 1.165) is 12.8 Å². The van der Waals surface area contributed by atoms with Crippen molar-refractivity contribution in [2.75, 3.05) is 0 Å². The van der Waals surface area contributed by atoms with Crippen LogP contribution >= 0.6 is 0 Å². The summed E-state index contributed by atoms with van der Waals surface area (Å²) in [6, 6.07) is 0. The topological polar surface area (TPSA) is 28.7 Å². The van der Waals surface area contributed by atoms with Crippen molar-refractivity contribution in [3.05, 3.63) is 17.5 Å². The predicted molar refractivity (Wildman–Crippen MR) is 51.3 cm³/mol. The zero-order valence-electron chi connectivity index (χ0n) is 8.44. The molecule has 0 bridgehead atoms. The molecule has 12 heavy (non-hydrogen) atoms. The Hall–Kier alpha value is -0.790. The molecule has 0 aliphatic carbocycles. The second kappa shape index (κ2) is 3.30. The highest BCUT2D eigenvalue weighted by molar-refractivity contribution is 5.23. The van der Waals surface area contributed by atoms with E-state index in [1.54, 1.807) is 0 Å². The fraction of sp³-hybridized carbons (Fsp3) is 0.700. The Morgan fingerprint density at radius 1 is 1.42 bits per heavy atom. The van der Waals surface area contributed by atoms with Crippen LogP contribution in [0.1, 0.15) is 45.4 Å². The third-order valence-corrected chi connectivity index (χ3v) is 2.66. The highest BCUT2D eigenvalue weighted by atomic mass is 15.1. The van der Waals surface area contributed by atoms with E-state index in [2.05, 4.69) is 37.9 Å². The zero-order chi connectivity index (χ0) is 9.19. The van der Waals surface area contributed by atoms with Crippen molar-refractivity contribution in [1.82, 2.24) is 10.2 Å². The summed E-state index contributed by atoms with van der Waals surface area (Å²) < 4.78 is 0. The first-order chi connectivity index (χ1) is 5.61. The van der Waals surface area contributed by atoms with Crippen LogP contribution in [0.25, 0.3) is 0 Å². The minimum atomic E-state index is 0.238. The molecular weight excluding hydrogens is 148 g/mol. The Morgan fingerprint density at radius 2 is 2.08 bits per heavy atom. The van der Waals surface area contributed by atoms with Crippen LogP contribution in [0.2, 0.25) is 0 Å². The molecule has 0 radical (unpaired) electrons. The molecule has 1 N–H and O–H groups in total. The second-order valence-corrected chi connectivity index (χ2v) is 3.86. The molecular formula is C10H18N2. The summed E-state index contributed by atoms with van der Waals surface area (Å²) >= 11 is 0. The molecule has 0 aliphatic rings. The van der Waals surface area contributed by atoms with Crippen molar-refractivity contribution in [3.63, 3.8) is 0 Å². The summed E-state index contributed by atoms with van der Waals surface area (Å²) in [5.41, 5.74) is 2.89. The second-order valence-electron chi connectivity index (χ2n) is 3.86. The third-order valence-electron chi connectivity index (χ3n) is 2.66. The molecule has 0 spiro atoms. The number of nitrogens with zero attached hydrogens (tertiary/aromatic N) is 1. The van der Waals surface area contributed by atoms with Crippen molar-refractivity contribution < 1.29 is 0 Å². The number of aryl methyl sites for hydroxylation is 1. The van der Waals surface area contributed by atoms with Crippen LogP contribution in [0.3, 0.4) is 0 Å². The molecule has 68 valence electrons. The van der Waals surface area contributed by atoms with Crippen molar-refractivity contribution >= 4 is 0 Å². The summed E-state index contributed by atoms with van der Waals surface area (Å²) in [5, 5.41) is 7.18. The first-order valence-corrected chi connectivity index (χ1v) is 4.64. The molecule has 0 atom stereocenters. The third kappa shape index (κ3) is 1.52. The molecule has 0 aromatic carbocycles. The van der Waals surface area contributed by atoms with Gasteiger partial charge in [0.2, 0.25) is 0 Å². The Balaban J connectivity index is 3.00. The smallest absolute Gasteiger partial charge is 0.0522 e. The van der Waals surface area contributed by atoms with E-state index in [0.29, 0.717) is 0 Å². The minimum Gasteiger partial charge on any atom is -0.282 e. The van der Waals surface area contributed by atoms with Crippen LogP contribution in [0.4, 0.5) is 0 Å². The van der Waals surface area contributed by atoms with Crippen molar-refractivity contribution in [3.8, 4) is 0 Å². The van der Waals surface area contributed by atoms with Gasteiger partial charge in [0, 0.05) is 11.1 Å². The van der Waals surface area contributed by atoms with E-state index in [1.807, 2.05) is 6.20 Å². The minimum absolute atomic E-state index is 0.238. The van der Waals surface area contributed by atoms with Gasteiger partial charge < -0.3 is 0 Å². The van der Waals surface area contributed by atoms with E-state index in [4.69, 9.17) is 0 Å². The molecule has 0 unspecified atom stereocenters. The summed E-state index contributed by atoms with van der Waals surface area (Å²) in [4.78, 5) is 0. The van der Waals surface area contributed by atoms with E-state index in [1.165, 1.54) is 11.3 Å². The highest BCUT2D eigenvalue weighted by Gasteiger charge is 2.22. The number of hydrogen-bond acceptors (Lipinski definition) is 1. The number of aromatic amines is 1. The molecule has 0 saturated carbocycles.